The summed E-state index contributed by atoms with van der Waals surface area (Å²) in [5.41, 5.74) is 1.83. The number of anilines is 2. The Bertz CT molecular complexity index is 487. The summed E-state index contributed by atoms with van der Waals surface area (Å²) in [7, 11) is 5.22. The van der Waals surface area contributed by atoms with Gasteiger partial charge in [-0.25, -0.2) is 0 Å². The normalized spacial score (nSPS) is 8.95. The minimum absolute atomic E-state index is 0. The second-order valence-corrected chi connectivity index (χ2v) is 3.77. The van der Waals surface area contributed by atoms with E-state index >= 15 is 0 Å². The van der Waals surface area contributed by atoms with Gasteiger partial charge in [0.15, 0.2) is 0 Å². The number of benzene rings is 2. The Morgan fingerprint density at radius 1 is 0.800 bits per heavy atom. The Morgan fingerprint density at radius 2 is 1.20 bits per heavy atom. The zero-order valence-corrected chi connectivity index (χ0v) is 12.7. The topological polar surface area (TPSA) is 21.7 Å². The van der Waals surface area contributed by atoms with Gasteiger partial charge in [0.2, 0.25) is 0 Å². The summed E-state index contributed by atoms with van der Waals surface area (Å²) in [6, 6.07) is 17.9. The van der Waals surface area contributed by atoms with Gasteiger partial charge in [0.1, 0.15) is 0 Å². The van der Waals surface area contributed by atoms with Crippen molar-refractivity contribution in [2.24, 2.45) is 0 Å². The Morgan fingerprint density at radius 3 is 1.55 bits per heavy atom. The van der Waals surface area contributed by atoms with Crippen molar-refractivity contribution in [1.29, 1.82) is 0 Å². The minimum Gasteiger partial charge on any atom is -0.523 e. The molecular weight excluding hydrogens is 240 g/mol. The van der Waals surface area contributed by atoms with Crippen LogP contribution in [0.4, 0.5) is 11.4 Å². The average molecular weight is 255 g/mol. The molecule has 3 nitrogen and oxygen atoms in total. The van der Waals surface area contributed by atoms with Gasteiger partial charge in [0.25, 0.3) is 0 Å². The molecule has 0 bridgehead atoms. The average Bonchev–Trinajstić information content (AvgIpc) is 2.46. The number of ether oxygens (including phenoxy) is 2. The van der Waals surface area contributed by atoms with E-state index in [1.54, 1.807) is 14.2 Å². The molecule has 0 aliphatic heterocycles. The van der Waals surface area contributed by atoms with Gasteiger partial charge in [-0.2, -0.15) is 12.1 Å². The molecule has 2 rings (SSSR count). The first-order valence-corrected chi connectivity index (χ1v) is 5.61. The molecule has 5 heteroatoms. The Labute approximate surface area is 144 Å². The van der Waals surface area contributed by atoms with Crippen LogP contribution in [-0.4, -0.2) is 21.3 Å². The molecule has 20 heavy (non-hydrogen) atoms. The van der Waals surface area contributed by atoms with Gasteiger partial charge in [-0.3, -0.25) is 0 Å². The second-order valence-electron chi connectivity index (χ2n) is 3.77. The van der Waals surface area contributed by atoms with Crippen LogP contribution in [0.1, 0.15) is 0 Å². The van der Waals surface area contributed by atoms with Crippen molar-refractivity contribution in [3.63, 3.8) is 0 Å². The van der Waals surface area contributed by atoms with Crippen molar-refractivity contribution in [2.45, 2.75) is 0 Å². The zero-order valence-electron chi connectivity index (χ0n) is 12.7. The van der Waals surface area contributed by atoms with Crippen LogP contribution in [0.5, 0.6) is 11.5 Å². The molecule has 0 aromatic heterocycles. The summed E-state index contributed by atoms with van der Waals surface area (Å²) in [6.45, 7) is 0. The van der Waals surface area contributed by atoms with Crippen molar-refractivity contribution < 1.29 is 47.2 Å². The molecule has 0 amide bonds. The summed E-state index contributed by atoms with van der Waals surface area (Å²) in [6.07, 6.45) is 0. The first-order valence-electron chi connectivity index (χ1n) is 5.61. The van der Waals surface area contributed by atoms with Gasteiger partial charge in [-0.1, -0.05) is 11.4 Å². The molecule has 0 fully saturated rings. The summed E-state index contributed by atoms with van der Waals surface area (Å²) >= 11 is 0. The molecule has 0 atom stereocenters. The van der Waals surface area contributed by atoms with Gasteiger partial charge < -0.3 is 14.4 Å². The zero-order chi connectivity index (χ0) is 13.0. The summed E-state index contributed by atoms with van der Waals surface area (Å²) < 4.78 is 10.3. The molecule has 0 unspecified atom stereocenters. The van der Waals surface area contributed by atoms with E-state index in [0.717, 1.165) is 11.4 Å². The SMILES string of the molecule is COc1[c-]c(N(C)c2[c-]c(OC)ccc2)ccc1.[Li+].[Li+]. The third kappa shape index (κ3) is 4.55. The van der Waals surface area contributed by atoms with E-state index in [9.17, 15) is 0 Å². The van der Waals surface area contributed by atoms with E-state index in [2.05, 4.69) is 12.1 Å². The molecular formula is C15H15Li2NO2. The van der Waals surface area contributed by atoms with Crippen molar-refractivity contribution in [1.82, 2.24) is 0 Å². The van der Waals surface area contributed by atoms with Crippen LogP contribution < -0.4 is 52.1 Å². The van der Waals surface area contributed by atoms with Crippen LogP contribution in [0.3, 0.4) is 0 Å². The number of nitrogens with zero attached hydrogens (tertiary/aromatic N) is 1. The van der Waals surface area contributed by atoms with E-state index in [4.69, 9.17) is 9.47 Å². The summed E-state index contributed by atoms with van der Waals surface area (Å²) in [5.74, 6) is 1.42. The molecule has 0 heterocycles. The molecule has 0 saturated carbocycles. The van der Waals surface area contributed by atoms with Crippen molar-refractivity contribution in [3.05, 3.63) is 48.5 Å². The van der Waals surface area contributed by atoms with Gasteiger partial charge >= 0.3 is 37.7 Å². The fourth-order valence-electron chi connectivity index (χ4n) is 1.63. The predicted molar refractivity (Wildman–Crippen MR) is 71.7 cm³/mol. The molecule has 0 N–H and O–H groups in total. The molecule has 0 spiro atoms. The van der Waals surface area contributed by atoms with Gasteiger partial charge in [0, 0.05) is 18.5 Å². The Kier molecular flexibility index (Phi) is 8.62. The molecule has 0 aliphatic carbocycles. The van der Waals surface area contributed by atoms with Crippen molar-refractivity contribution in [3.8, 4) is 11.5 Å². The van der Waals surface area contributed by atoms with E-state index in [1.807, 2.05) is 48.3 Å². The molecule has 0 radical (unpaired) electrons. The summed E-state index contributed by atoms with van der Waals surface area (Å²) in [5, 5.41) is 0. The Hall–Kier alpha value is -0.965. The van der Waals surface area contributed by atoms with Crippen LogP contribution in [0.25, 0.3) is 0 Å². The molecule has 2 aromatic carbocycles. The fourth-order valence-corrected chi connectivity index (χ4v) is 1.63. The maximum atomic E-state index is 5.17. The number of rotatable bonds is 4. The van der Waals surface area contributed by atoms with Gasteiger partial charge in [-0.15, -0.1) is 36.4 Å². The van der Waals surface area contributed by atoms with Crippen molar-refractivity contribution >= 4 is 11.4 Å². The van der Waals surface area contributed by atoms with Crippen LogP contribution >= 0.6 is 0 Å². The monoisotopic (exact) mass is 255 g/mol. The van der Waals surface area contributed by atoms with Crippen LogP contribution in [0.2, 0.25) is 0 Å². The standard InChI is InChI=1S/C15H15NO2.2Li/c1-16(12-6-4-8-14(10-12)17-2)13-7-5-9-15(11-13)18-3;;/h4-9H,1-3H3;;/q-2;2*+1. The minimum atomic E-state index is 0. The number of hydrogen-bond donors (Lipinski definition) is 0. The van der Waals surface area contributed by atoms with Crippen LogP contribution in [0, 0.1) is 12.1 Å². The number of methoxy groups -OCH3 is 2. The van der Waals surface area contributed by atoms with Crippen LogP contribution in [0.15, 0.2) is 36.4 Å². The maximum Gasteiger partial charge on any atom is 1.00 e. The van der Waals surface area contributed by atoms with Crippen LogP contribution in [-0.2, 0) is 0 Å². The van der Waals surface area contributed by atoms with E-state index in [1.165, 1.54) is 0 Å². The molecule has 94 valence electrons. The van der Waals surface area contributed by atoms with E-state index < -0.39 is 0 Å². The van der Waals surface area contributed by atoms with E-state index in [-0.39, 0.29) is 37.7 Å². The molecule has 0 aliphatic rings. The smallest absolute Gasteiger partial charge is 0.523 e. The second kappa shape index (κ2) is 9.06. The largest absolute Gasteiger partial charge is 1.00 e. The molecule has 0 saturated heterocycles. The predicted octanol–water partition coefficient (Wildman–Crippen LogP) is -2.92. The number of hydrogen-bond acceptors (Lipinski definition) is 3. The van der Waals surface area contributed by atoms with Gasteiger partial charge in [-0.05, 0) is 0 Å². The quantitative estimate of drug-likeness (QED) is 0.431. The van der Waals surface area contributed by atoms with E-state index in [0.29, 0.717) is 11.5 Å². The Balaban J connectivity index is 0.00000180. The first kappa shape index (κ1) is 19.0. The fraction of sp³-hybridized carbons (Fsp3) is 0.200. The third-order valence-electron chi connectivity index (χ3n) is 2.67. The summed E-state index contributed by atoms with van der Waals surface area (Å²) in [4.78, 5) is 1.98. The van der Waals surface area contributed by atoms with Crippen molar-refractivity contribution in [2.75, 3.05) is 26.2 Å². The maximum absolute atomic E-state index is 5.17. The first-order chi connectivity index (χ1) is 8.74. The van der Waals surface area contributed by atoms with Gasteiger partial charge in [0.05, 0.1) is 14.2 Å². The molecule has 2 aromatic rings. The third-order valence-corrected chi connectivity index (χ3v) is 2.67.